The number of amides is 1. The Morgan fingerprint density at radius 1 is 1.17 bits per heavy atom. The summed E-state index contributed by atoms with van der Waals surface area (Å²) in [7, 11) is 1.31. The minimum absolute atomic E-state index is 0.110. The molecular weight excluding hydrogens is 311 g/mol. The fourth-order valence-corrected chi connectivity index (χ4v) is 2.20. The minimum Gasteiger partial charge on any atom is -0.469 e. The molecular formula is C18H19FN2O3. The second kappa shape index (κ2) is 8.76. The second-order valence-electron chi connectivity index (χ2n) is 5.27. The van der Waals surface area contributed by atoms with Gasteiger partial charge in [0.25, 0.3) is 0 Å². The number of halogens is 1. The van der Waals surface area contributed by atoms with Crippen LogP contribution in [0.15, 0.2) is 48.7 Å². The van der Waals surface area contributed by atoms with Crippen molar-refractivity contribution in [1.29, 1.82) is 0 Å². The topological polar surface area (TPSA) is 59.5 Å². The third-order valence-electron chi connectivity index (χ3n) is 3.51. The van der Waals surface area contributed by atoms with Crippen molar-refractivity contribution in [2.45, 2.75) is 19.4 Å². The van der Waals surface area contributed by atoms with Gasteiger partial charge < -0.3 is 9.64 Å². The van der Waals surface area contributed by atoms with Crippen LogP contribution in [0, 0.1) is 5.82 Å². The molecule has 0 atom stereocenters. The summed E-state index contributed by atoms with van der Waals surface area (Å²) in [6.45, 7) is 0.543. The molecule has 0 saturated heterocycles. The molecule has 0 aliphatic rings. The Hall–Kier alpha value is -2.76. The molecule has 1 aromatic heterocycles. The van der Waals surface area contributed by atoms with Gasteiger partial charge in [-0.1, -0.05) is 18.2 Å². The fraction of sp³-hybridized carbons (Fsp3) is 0.278. The summed E-state index contributed by atoms with van der Waals surface area (Å²) in [5.41, 5.74) is 1.44. The Kier molecular flexibility index (Phi) is 6.42. The van der Waals surface area contributed by atoms with E-state index in [0.717, 1.165) is 5.69 Å². The molecule has 0 bridgehead atoms. The van der Waals surface area contributed by atoms with E-state index in [1.165, 1.54) is 19.2 Å². The number of hydrogen-bond acceptors (Lipinski definition) is 4. The lowest BCUT2D eigenvalue weighted by atomic mass is 10.1. The number of rotatable bonds is 7. The Bertz CT molecular complexity index is 674. The van der Waals surface area contributed by atoms with Gasteiger partial charge in [0.05, 0.1) is 32.2 Å². The monoisotopic (exact) mass is 330 g/mol. The zero-order valence-electron chi connectivity index (χ0n) is 13.4. The van der Waals surface area contributed by atoms with Gasteiger partial charge in [-0.2, -0.15) is 0 Å². The first-order valence-corrected chi connectivity index (χ1v) is 7.57. The smallest absolute Gasteiger partial charge is 0.307 e. The summed E-state index contributed by atoms with van der Waals surface area (Å²) in [5, 5.41) is 0. The Balaban J connectivity index is 2.06. The lowest BCUT2D eigenvalue weighted by Crippen LogP contribution is -2.34. The molecule has 2 rings (SSSR count). The van der Waals surface area contributed by atoms with E-state index in [4.69, 9.17) is 0 Å². The summed E-state index contributed by atoms with van der Waals surface area (Å²) >= 11 is 0. The molecule has 0 saturated carbocycles. The first-order valence-electron chi connectivity index (χ1n) is 7.57. The van der Waals surface area contributed by atoms with Crippen molar-refractivity contribution < 1.29 is 18.7 Å². The number of hydrogen-bond donors (Lipinski definition) is 0. The molecule has 126 valence electrons. The average molecular weight is 330 g/mol. The minimum atomic E-state index is -0.379. The highest BCUT2D eigenvalue weighted by molar-refractivity contribution is 5.79. The summed E-state index contributed by atoms with van der Waals surface area (Å²) in [6, 6.07) is 11.2. The van der Waals surface area contributed by atoms with Crippen LogP contribution in [0.4, 0.5) is 4.39 Å². The van der Waals surface area contributed by atoms with Crippen LogP contribution in [0.25, 0.3) is 0 Å². The summed E-state index contributed by atoms with van der Waals surface area (Å²) in [4.78, 5) is 29.7. The van der Waals surface area contributed by atoms with Gasteiger partial charge in [0.1, 0.15) is 5.82 Å². The van der Waals surface area contributed by atoms with Crippen molar-refractivity contribution in [3.8, 4) is 0 Å². The third-order valence-corrected chi connectivity index (χ3v) is 3.51. The van der Waals surface area contributed by atoms with E-state index in [1.807, 2.05) is 12.1 Å². The largest absolute Gasteiger partial charge is 0.469 e. The van der Waals surface area contributed by atoms with Crippen molar-refractivity contribution in [2.75, 3.05) is 13.7 Å². The van der Waals surface area contributed by atoms with Gasteiger partial charge in [-0.25, -0.2) is 4.39 Å². The van der Waals surface area contributed by atoms with E-state index in [0.29, 0.717) is 12.1 Å². The van der Waals surface area contributed by atoms with Crippen molar-refractivity contribution in [2.24, 2.45) is 0 Å². The molecule has 1 amide bonds. The molecule has 0 radical (unpaired) electrons. The van der Waals surface area contributed by atoms with Gasteiger partial charge in [0.15, 0.2) is 0 Å². The molecule has 0 spiro atoms. The number of nitrogens with zero attached hydrogens (tertiary/aromatic N) is 2. The predicted molar refractivity (Wildman–Crippen MR) is 86.4 cm³/mol. The standard InChI is InChI=1S/C18H19FN2O3/c1-24-18(23)9-11-21(13-16-4-2-3-10-20-16)17(22)12-14-5-7-15(19)8-6-14/h2-8,10H,9,11-13H2,1H3. The molecule has 0 aliphatic heterocycles. The average Bonchev–Trinajstić information content (AvgIpc) is 2.61. The summed E-state index contributed by atoms with van der Waals surface area (Å²) in [5.74, 6) is -0.881. The lowest BCUT2D eigenvalue weighted by molar-refractivity contribution is -0.141. The number of esters is 1. The zero-order valence-corrected chi connectivity index (χ0v) is 13.4. The molecule has 0 fully saturated rings. The number of carbonyl (C=O) groups is 2. The fourth-order valence-electron chi connectivity index (χ4n) is 2.20. The number of pyridine rings is 1. The van der Waals surface area contributed by atoms with Crippen molar-refractivity contribution >= 4 is 11.9 Å². The molecule has 0 aliphatic carbocycles. The molecule has 2 aromatic rings. The second-order valence-corrected chi connectivity index (χ2v) is 5.27. The van der Waals surface area contributed by atoms with Crippen LogP contribution in [0.5, 0.6) is 0 Å². The van der Waals surface area contributed by atoms with E-state index in [-0.39, 0.29) is 37.1 Å². The van der Waals surface area contributed by atoms with Crippen molar-refractivity contribution in [1.82, 2.24) is 9.88 Å². The molecule has 0 unspecified atom stereocenters. The van der Waals surface area contributed by atoms with E-state index in [9.17, 15) is 14.0 Å². The van der Waals surface area contributed by atoms with Crippen LogP contribution in [0.2, 0.25) is 0 Å². The predicted octanol–water partition coefficient (Wildman–Crippen LogP) is 2.36. The van der Waals surface area contributed by atoms with Crippen LogP contribution in [-0.4, -0.2) is 35.4 Å². The number of ether oxygens (including phenoxy) is 1. The number of aromatic nitrogens is 1. The normalized spacial score (nSPS) is 10.2. The Labute approximate surface area is 140 Å². The van der Waals surface area contributed by atoms with Gasteiger partial charge in [-0.15, -0.1) is 0 Å². The molecule has 1 aromatic carbocycles. The highest BCUT2D eigenvalue weighted by Crippen LogP contribution is 2.09. The van der Waals surface area contributed by atoms with E-state index >= 15 is 0 Å². The third kappa shape index (κ3) is 5.46. The Morgan fingerprint density at radius 2 is 1.92 bits per heavy atom. The zero-order chi connectivity index (χ0) is 17.4. The van der Waals surface area contributed by atoms with Gasteiger partial charge >= 0.3 is 5.97 Å². The summed E-state index contributed by atoms with van der Waals surface area (Å²) in [6.07, 6.45) is 1.89. The maximum absolute atomic E-state index is 13.0. The molecule has 24 heavy (non-hydrogen) atoms. The van der Waals surface area contributed by atoms with E-state index < -0.39 is 0 Å². The van der Waals surface area contributed by atoms with Crippen LogP contribution >= 0.6 is 0 Å². The SMILES string of the molecule is COC(=O)CCN(Cc1ccccn1)C(=O)Cc1ccc(F)cc1. The number of methoxy groups -OCH3 is 1. The van der Waals surface area contributed by atoms with Crippen LogP contribution < -0.4 is 0 Å². The van der Waals surface area contributed by atoms with Gasteiger partial charge in [0.2, 0.25) is 5.91 Å². The quantitative estimate of drug-likeness (QED) is 0.731. The maximum atomic E-state index is 13.0. The Morgan fingerprint density at radius 3 is 2.54 bits per heavy atom. The summed E-state index contributed by atoms with van der Waals surface area (Å²) < 4.78 is 17.6. The first-order chi connectivity index (χ1) is 11.6. The highest BCUT2D eigenvalue weighted by Gasteiger charge is 2.17. The van der Waals surface area contributed by atoms with Gasteiger partial charge in [-0.05, 0) is 29.8 Å². The van der Waals surface area contributed by atoms with E-state index in [1.54, 1.807) is 29.3 Å². The van der Waals surface area contributed by atoms with Gasteiger partial charge in [0, 0.05) is 12.7 Å². The number of carbonyl (C=O) groups excluding carboxylic acids is 2. The van der Waals surface area contributed by atoms with Crippen LogP contribution in [-0.2, 0) is 27.3 Å². The first kappa shape index (κ1) is 17.6. The van der Waals surface area contributed by atoms with Crippen molar-refractivity contribution in [3.05, 3.63) is 65.7 Å². The van der Waals surface area contributed by atoms with Crippen LogP contribution in [0.3, 0.4) is 0 Å². The highest BCUT2D eigenvalue weighted by atomic mass is 19.1. The van der Waals surface area contributed by atoms with E-state index in [2.05, 4.69) is 9.72 Å². The molecule has 0 N–H and O–H groups in total. The van der Waals surface area contributed by atoms with Crippen LogP contribution in [0.1, 0.15) is 17.7 Å². The molecule has 6 heteroatoms. The van der Waals surface area contributed by atoms with Crippen molar-refractivity contribution in [3.63, 3.8) is 0 Å². The number of benzene rings is 1. The molecule has 5 nitrogen and oxygen atoms in total. The lowest BCUT2D eigenvalue weighted by Gasteiger charge is -2.22. The van der Waals surface area contributed by atoms with Gasteiger partial charge in [-0.3, -0.25) is 14.6 Å². The molecule has 1 heterocycles. The maximum Gasteiger partial charge on any atom is 0.307 e.